The number of halogens is 1. The van der Waals surface area contributed by atoms with Crippen molar-refractivity contribution >= 4 is 23.2 Å². The van der Waals surface area contributed by atoms with Gasteiger partial charge in [0.05, 0.1) is 12.5 Å². The fourth-order valence-electron chi connectivity index (χ4n) is 3.43. The Morgan fingerprint density at radius 2 is 2.31 bits per heavy atom. The van der Waals surface area contributed by atoms with Crippen molar-refractivity contribution in [2.75, 3.05) is 13.1 Å². The monoisotopic (exact) mass is 375 g/mol. The smallest absolute Gasteiger partial charge is 0.227 e. The van der Waals surface area contributed by atoms with Gasteiger partial charge in [-0.3, -0.25) is 9.59 Å². The maximum absolute atomic E-state index is 13.3. The average Bonchev–Trinajstić information content (AvgIpc) is 3.14. The van der Waals surface area contributed by atoms with Gasteiger partial charge in [-0.05, 0) is 30.5 Å². The Labute approximate surface area is 156 Å². The molecule has 1 saturated heterocycles. The predicted molar refractivity (Wildman–Crippen MR) is 98.1 cm³/mol. The number of hydrogen-bond donors (Lipinski definition) is 1. The van der Waals surface area contributed by atoms with Gasteiger partial charge in [-0.2, -0.15) is 0 Å². The molecule has 1 aromatic heterocycles. The number of rotatable bonds is 5. The van der Waals surface area contributed by atoms with Crippen LogP contribution in [-0.4, -0.2) is 34.8 Å². The van der Waals surface area contributed by atoms with Crippen molar-refractivity contribution in [2.45, 2.75) is 32.2 Å². The highest BCUT2D eigenvalue weighted by molar-refractivity contribution is 7.09. The van der Waals surface area contributed by atoms with Crippen molar-refractivity contribution in [3.63, 3.8) is 0 Å². The molecule has 2 atom stereocenters. The van der Waals surface area contributed by atoms with Crippen molar-refractivity contribution in [3.05, 3.63) is 52.2 Å². The summed E-state index contributed by atoms with van der Waals surface area (Å²) in [5.41, 5.74) is 0.676. The SMILES string of the molecule is CC(=O)NC(c1nccs1)C1CCCN(C(=O)Cc2cccc(F)c2)C1. The molecule has 2 aromatic rings. The summed E-state index contributed by atoms with van der Waals surface area (Å²) >= 11 is 1.51. The topological polar surface area (TPSA) is 62.3 Å². The molecule has 1 aromatic carbocycles. The molecule has 1 aliphatic heterocycles. The molecule has 1 aliphatic rings. The first kappa shape index (κ1) is 18.5. The average molecular weight is 375 g/mol. The highest BCUT2D eigenvalue weighted by Gasteiger charge is 2.32. The van der Waals surface area contributed by atoms with Gasteiger partial charge < -0.3 is 10.2 Å². The number of thiazole rings is 1. The summed E-state index contributed by atoms with van der Waals surface area (Å²) in [6.07, 6.45) is 3.71. The van der Waals surface area contributed by atoms with Crippen LogP contribution in [0.15, 0.2) is 35.8 Å². The van der Waals surface area contributed by atoms with Crippen LogP contribution < -0.4 is 5.32 Å². The quantitative estimate of drug-likeness (QED) is 0.874. The number of carbonyl (C=O) groups is 2. The third-order valence-electron chi connectivity index (χ3n) is 4.60. The van der Waals surface area contributed by atoms with E-state index in [1.54, 1.807) is 18.3 Å². The lowest BCUT2D eigenvalue weighted by molar-refractivity contribution is -0.132. The van der Waals surface area contributed by atoms with Crippen molar-refractivity contribution in [1.82, 2.24) is 15.2 Å². The standard InChI is InChI=1S/C19H22FN3O2S/c1-13(24)22-18(19-21-7-9-26-19)15-5-3-8-23(12-15)17(25)11-14-4-2-6-16(20)10-14/h2,4,6-7,9-10,15,18H,3,5,8,11-12H2,1H3,(H,22,24). The molecule has 138 valence electrons. The fourth-order valence-corrected chi connectivity index (χ4v) is 4.21. The second kappa shape index (κ2) is 8.40. The van der Waals surface area contributed by atoms with E-state index in [-0.39, 0.29) is 36.0 Å². The number of aromatic nitrogens is 1. The van der Waals surface area contributed by atoms with Crippen LogP contribution in [0, 0.1) is 11.7 Å². The Morgan fingerprint density at radius 1 is 1.46 bits per heavy atom. The van der Waals surface area contributed by atoms with Crippen LogP contribution in [0.5, 0.6) is 0 Å². The molecule has 0 saturated carbocycles. The normalized spacial score (nSPS) is 18.4. The number of carbonyl (C=O) groups excluding carboxylic acids is 2. The zero-order chi connectivity index (χ0) is 18.5. The lowest BCUT2D eigenvalue weighted by atomic mass is 9.90. The first-order valence-corrected chi connectivity index (χ1v) is 9.59. The summed E-state index contributed by atoms with van der Waals surface area (Å²) < 4.78 is 13.3. The second-order valence-corrected chi connectivity index (χ2v) is 7.52. The molecule has 2 heterocycles. The minimum absolute atomic E-state index is 0.0130. The molecular weight excluding hydrogens is 353 g/mol. The number of amides is 2. The number of piperidine rings is 1. The van der Waals surface area contributed by atoms with Crippen molar-refractivity contribution in [2.24, 2.45) is 5.92 Å². The summed E-state index contributed by atoms with van der Waals surface area (Å²) in [5, 5.41) is 5.74. The zero-order valence-electron chi connectivity index (χ0n) is 14.7. The molecule has 2 unspecified atom stereocenters. The Hall–Kier alpha value is -2.28. The van der Waals surface area contributed by atoms with Gasteiger partial charge in [0.1, 0.15) is 10.8 Å². The Balaban J connectivity index is 1.69. The van der Waals surface area contributed by atoms with E-state index in [2.05, 4.69) is 10.3 Å². The van der Waals surface area contributed by atoms with Gasteiger partial charge in [0.15, 0.2) is 0 Å². The predicted octanol–water partition coefficient (Wildman–Crippen LogP) is 2.94. The van der Waals surface area contributed by atoms with E-state index >= 15 is 0 Å². The number of nitrogens with zero attached hydrogens (tertiary/aromatic N) is 2. The van der Waals surface area contributed by atoms with E-state index in [0.29, 0.717) is 18.7 Å². The molecule has 7 heteroatoms. The van der Waals surface area contributed by atoms with Crippen LogP contribution in [0.1, 0.15) is 36.4 Å². The van der Waals surface area contributed by atoms with Crippen molar-refractivity contribution < 1.29 is 14.0 Å². The fraction of sp³-hybridized carbons (Fsp3) is 0.421. The summed E-state index contributed by atoms with van der Waals surface area (Å²) in [4.78, 5) is 30.5. The van der Waals surface area contributed by atoms with Crippen LogP contribution in [0.25, 0.3) is 0 Å². The van der Waals surface area contributed by atoms with E-state index < -0.39 is 0 Å². The van der Waals surface area contributed by atoms with Gasteiger partial charge in [-0.15, -0.1) is 11.3 Å². The summed E-state index contributed by atoms with van der Waals surface area (Å²) in [7, 11) is 0. The molecule has 0 radical (unpaired) electrons. The third kappa shape index (κ3) is 4.66. The number of nitrogens with one attached hydrogen (secondary N) is 1. The maximum atomic E-state index is 13.3. The molecule has 26 heavy (non-hydrogen) atoms. The summed E-state index contributed by atoms with van der Waals surface area (Å²) in [6.45, 7) is 2.75. The maximum Gasteiger partial charge on any atom is 0.227 e. The minimum Gasteiger partial charge on any atom is -0.347 e. The van der Waals surface area contributed by atoms with Crippen molar-refractivity contribution in [3.8, 4) is 0 Å². The summed E-state index contributed by atoms with van der Waals surface area (Å²) in [5.74, 6) is -0.328. The highest BCUT2D eigenvalue weighted by atomic mass is 32.1. The van der Waals surface area contributed by atoms with Crippen LogP contribution in [0.4, 0.5) is 4.39 Å². The largest absolute Gasteiger partial charge is 0.347 e. The lowest BCUT2D eigenvalue weighted by Gasteiger charge is -2.36. The third-order valence-corrected chi connectivity index (χ3v) is 5.46. The molecule has 1 N–H and O–H groups in total. The first-order chi connectivity index (χ1) is 12.5. The van der Waals surface area contributed by atoms with Crippen LogP contribution in [0.2, 0.25) is 0 Å². The molecule has 5 nitrogen and oxygen atoms in total. The minimum atomic E-state index is -0.332. The second-order valence-electron chi connectivity index (χ2n) is 6.60. The molecule has 2 amide bonds. The number of benzene rings is 1. The van der Waals surface area contributed by atoms with E-state index in [1.165, 1.54) is 30.4 Å². The van der Waals surface area contributed by atoms with Crippen LogP contribution in [-0.2, 0) is 16.0 Å². The zero-order valence-corrected chi connectivity index (χ0v) is 15.5. The Morgan fingerprint density at radius 3 is 3.00 bits per heavy atom. The van der Waals surface area contributed by atoms with E-state index in [1.807, 2.05) is 10.3 Å². The van der Waals surface area contributed by atoms with E-state index in [0.717, 1.165) is 17.8 Å². The van der Waals surface area contributed by atoms with Crippen LogP contribution >= 0.6 is 11.3 Å². The molecule has 1 fully saturated rings. The molecule has 0 aliphatic carbocycles. The number of hydrogen-bond acceptors (Lipinski definition) is 4. The lowest BCUT2D eigenvalue weighted by Crippen LogP contribution is -2.45. The molecular formula is C19H22FN3O2S. The molecule has 3 rings (SSSR count). The van der Waals surface area contributed by atoms with Gasteiger partial charge in [0, 0.05) is 37.5 Å². The molecule has 0 spiro atoms. The van der Waals surface area contributed by atoms with Gasteiger partial charge in [0.2, 0.25) is 11.8 Å². The van der Waals surface area contributed by atoms with Gasteiger partial charge in [0.25, 0.3) is 0 Å². The van der Waals surface area contributed by atoms with Gasteiger partial charge >= 0.3 is 0 Å². The van der Waals surface area contributed by atoms with Gasteiger partial charge in [-0.1, -0.05) is 12.1 Å². The van der Waals surface area contributed by atoms with Gasteiger partial charge in [-0.25, -0.2) is 9.37 Å². The Bertz CT molecular complexity index is 766. The van der Waals surface area contributed by atoms with Crippen LogP contribution in [0.3, 0.4) is 0 Å². The number of likely N-dealkylation sites (tertiary alicyclic amines) is 1. The Kier molecular flexibility index (Phi) is 5.98. The van der Waals surface area contributed by atoms with E-state index in [9.17, 15) is 14.0 Å². The van der Waals surface area contributed by atoms with E-state index in [4.69, 9.17) is 0 Å². The first-order valence-electron chi connectivity index (χ1n) is 8.71. The highest BCUT2D eigenvalue weighted by Crippen LogP contribution is 2.31. The summed E-state index contributed by atoms with van der Waals surface area (Å²) in [6, 6.07) is 5.97. The molecule has 0 bridgehead atoms. The van der Waals surface area contributed by atoms with Crippen molar-refractivity contribution in [1.29, 1.82) is 0 Å².